The van der Waals surface area contributed by atoms with E-state index in [2.05, 4.69) is 10.00 Å². The third kappa shape index (κ3) is 2.65. The van der Waals surface area contributed by atoms with Crippen molar-refractivity contribution in [1.29, 1.82) is 0 Å². The van der Waals surface area contributed by atoms with Crippen molar-refractivity contribution in [2.45, 2.75) is 25.8 Å². The normalized spacial score (nSPS) is 20.4. The minimum absolute atomic E-state index is 0.0675. The Morgan fingerprint density at radius 2 is 2.19 bits per heavy atom. The van der Waals surface area contributed by atoms with Crippen molar-refractivity contribution in [3.63, 3.8) is 0 Å². The van der Waals surface area contributed by atoms with Gasteiger partial charge in [0, 0.05) is 32.7 Å². The molecular formula is C20H23N5O2. The van der Waals surface area contributed by atoms with Crippen LogP contribution in [0.25, 0.3) is 22.5 Å². The van der Waals surface area contributed by atoms with E-state index in [1.54, 1.807) is 10.9 Å². The van der Waals surface area contributed by atoms with Crippen molar-refractivity contribution in [1.82, 2.24) is 24.6 Å². The van der Waals surface area contributed by atoms with Gasteiger partial charge in [-0.2, -0.15) is 5.10 Å². The smallest absolute Gasteiger partial charge is 0.254 e. The topological polar surface area (TPSA) is 67.4 Å². The van der Waals surface area contributed by atoms with Gasteiger partial charge in [0.15, 0.2) is 11.4 Å². The molecule has 0 saturated carbocycles. The minimum atomic E-state index is 0.0675. The summed E-state index contributed by atoms with van der Waals surface area (Å²) in [4.78, 5) is 22.7. The molecule has 0 N–H and O–H groups in total. The molecule has 1 atom stereocenters. The van der Waals surface area contributed by atoms with E-state index in [1.165, 1.54) is 12.8 Å². The van der Waals surface area contributed by atoms with E-state index in [-0.39, 0.29) is 5.91 Å². The Morgan fingerprint density at radius 3 is 3.00 bits per heavy atom. The summed E-state index contributed by atoms with van der Waals surface area (Å²) in [6, 6.07) is 6.05. The number of carbonyl (C=O) groups excluding carboxylic acids is 1. The van der Waals surface area contributed by atoms with E-state index in [4.69, 9.17) is 9.40 Å². The number of furan rings is 1. The summed E-state index contributed by atoms with van der Waals surface area (Å²) in [6.07, 6.45) is 4.03. The molecule has 27 heavy (non-hydrogen) atoms. The van der Waals surface area contributed by atoms with Crippen molar-refractivity contribution in [2.75, 3.05) is 26.2 Å². The summed E-state index contributed by atoms with van der Waals surface area (Å²) >= 11 is 0. The Bertz CT molecular complexity index is 1010. The molecule has 7 heteroatoms. The van der Waals surface area contributed by atoms with Crippen molar-refractivity contribution in [2.24, 2.45) is 7.05 Å². The van der Waals surface area contributed by atoms with Gasteiger partial charge in [-0.15, -0.1) is 0 Å². The highest BCUT2D eigenvalue weighted by Gasteiger charge is 2.34. The highest BCUT2D eigenvalue weighted by molar-refractivity contribution is 6.07. The van der Waals surface area contributed by atoms with Crippen LogP contribution in [0.2, 0.25) is 0 Å². The number of piperazine rings is 1. The third-order valence-corrected chi connectivity index (χ3v) is 5.85. The maximum Gasteiger partial charge on any atom is 0.254 e. The van der Waals surface area contributed by atoms with Crippen LogP contribution in [-0.4, -0.2) is 62.7 Å². The lowest BCUT2D eigenvalue weighted by Crippen LogP contribution is -2.52. The Morgan fingerprint density at radius 1 is 1.30 bits per heavy atom. The second-order valence-electron chi connectivity index (χ2n) is 7.52. The zero-order valence-corrected chi connectivity index (χ0v) is 15.7. The zero-order valence-electron chi connectivity index (χ0n) is 15.7. The predicted molar refractivity (Wildman–Crippen MR) is 101 cm³/mol. The maximum atomic E-state index is 13.5. The maximum absolute atomic E-state index is 13.5. The summed E-state index contributed by atoms with van der Waals surface area (Å²) < 4.78 is 7.27. The van der Waals surface area contributed by atoms with Crippen molar-refractivity contribution in [3.05, 3.63) is 35.7 Å². The lowest BCUT2D eigenvalue weighted by atomic mass is 10.1. The van der Waals surface area contributed by atoms with Gasteiger partial charge in [-0.1, -0.05) is 0 Å². The van der Waals surface area contributed by atoms with E-state index in [0.29, 0.717) is 28.7 Å². The first-order chi connectivity index (χ1) is 13.1. The molecule has 3 aromatic heterocycles. The monoisotopic (exact) mass is 365 g/mol. The Balaban J connectivity index is 1.59. The summed E-state index contributed by atoms with van der Waals surface area (Å²) in [5.41, 5.74) is 2.87. The molecule has 2 aliphatic heterocycles. The number of nitrogens with zero attached hydrogens (tertiary/aromatic N) is 5. The SMILES string of the molecule is Cc1nn(C)c2nc(-c3ccco3)cc(C(=O)N3CCN4CCC[C@@H]4C3)c12. The highest BCUT2D eigenvalue weighted by Crippen LogP contribution is 2.29. The first kappa shape index (κ1) is 16.5. The van der Waals surface area contributed by atoms with Crippen LogP contribution in [0.3, 0.4) is 0 Å². The van der Waals surface area contributed by atoms with Crippen molar-refractivity contribution < 1.29 is 9.21 Å². The highest BCUT2D eigenvalue weighted by atomic mass is 16.3. The quantitative estimate of drug-likeness (QED) is 0.698. The van der Waals surface area contributed by atoms with Crippen LogP contribution in [0.5, 0.6) is 0 Å². The number of pyridine rings is 1. The van der Waals surface area contributed by atoms with E-state index < -0.39 is 0 Å². The van der Waals surface area contributed by atoms with Crippen LogP contribution in [0.15, 0.2) is 28.9 Å². The zero-order chi connectivity index (χ0) is 18.5. The molecule has 0 spiro atoms. The summed E-state index contributed by atoms with van der Waals surface area (Å²) in [6.45, 7) is 5.63. The van der Waals surface area contributed by atoms with Gasteiger partial charge >= 0.3 is 0 Å². The average Bonchev–Trinajstić information content (AvgIpc) is 3.41. The fourth-order valence-electron chi connectivity index (χ4n) is 4.51. The van der Waals surface area contributed by atoms with Crippen LogP contribution >= 0.6 is 0 Å². The van der Waals surface area contributed by atoms with Gasteiger partial charge in [0.2, 0.25) is 0 Å². The van der Waals surface area contributed by atoms with E-state index >= 15 is 0 Å². The predicted octanol–water partition coefficient (Wildman–Crippen LogP) is 2.46. The van der Waals surface area contributed by atoms with Crippen LogP contribution in [0.1, 0.15) is 28.9 Å². The number of aryl methyl sites for hydroxylation is 2. The Labute approximate surface area is 157 Å². The largest absolute Gasteiger partial charge is 0.463 e. The van der Waals surface area contributed by atoms with E-state index in [0.717, 1.165) is 37.3 Å². The molecular weight excluding hydrogens is 342 g/mol. The number of rotatable bonds is 2. The number of amides is 1. The fraction of sp³-hybridized carbons (Fsp3) is 0.450. The van der Waals surface area contributed by atoms with Crippen LogP contribution in [0, 0.1) is 6.92 Å². The summed E-state index contributed by atoms with van der Waals surface area (Å²) in [5, 5.41) is 5.34. The number of hydrogen-bond acceptors (Lipinski definition) is 5. The van der Waals surface area contributed by atoms with Crippen molar-refractivity contribution in [3.8, 4) is 11.5 Å². The number of aromatic nitrogens is 3. The summed E-state index contributed by atoms with van der Waals surface area (Å²) in [7, 11) is 1.86. The lowest BCUT2D eigenvalue weighted by molar-refractivity contribution is 0.0573. The van der Waals surface area contributed by atoms with E-state index in [9.17, 15) is 4.79 Å². The number of hydrogen-bond donors (Lipinski definition) is 0. The molecule has 0 bridgehead atoms. The molecule has 2 aliphatic rings. The molecule has 5 rings (SSSR count). The Hall–Kier alpha value is -2.67. The second kappa shape index (κ2) is 6.20. The molecule has 0 aromatic carbocycles. The molecule has 7 nitrogen and oxygen atoms in total. The first-order valence-corrected chi connectivity index (χ1v) is 9.53. The van der Waals surface area contributed by atoms with Crippen LogP contribution in [-0.2, 0) is 7.05 Å². The molecule has 2 fully saturated rings. The van der Waals surface area contributed by atoms with Crippen molar-refractivity contribution >= 4 is 16.9 Å². The standard InChI is InChI=1S/C20H23N5O2/c1-13-18-15(20(26)25-9-8-24-7-3-5-14(24)12-25)11-16(17-6-4-10-27-17)21-19(18)23(2)22-13/h4,6,10-11,14H,3,5,7-9,12H2,1-2H3/t14-/m1/s1. The van der Waals surface area contributed by atoms with Crippen LogP contribution < -0.4 is 0 Å². The molecule has 5 heterocycles. The number of carbonyl (C=O) groups is 1. The molecule has 1 amide bonds. The molecule has 140 valence electrons. The average molecular weight is 365 g/mol. The third-order valence-electron chi connectivity index (χ3n) is 5.85. The van der Waals surface area contributed by atoms with Gasteiger partial charge in [-0.25, -0.2) is 4.98 Å². The van der Waals surface area contributed by atoms with Gasteiger partial charge in [-0.3, -0.25) is 14.4 Å². The molecule has 2 saturated heterocycles. The van der Waals surface area contributed by atoms with Gasteiger partial charge in [-0.05, 0) is 44.5 Å². The molecule has 0 aliphatic carbocycles. The van der Waals surface area contributed by atoms with Gasteiger partial charge in [0.25, 0.3) is 5.91 Å². The van der Waals surface area contributed by atoms with Gasteiger partial charge in [0.1, 0.15) is 5.69 Å². The minimum Gasteiger partial charge on any atom is -0.463 e. The summed E-state index contributed by atoms with van der Waals surface area (Å²) in [5.74, 6) is 0.725. The Kier molecular flexibility index (Phi) is 3.79. The van der Waals surface area contributed by atoms with Crippen LogP contribution in [0.4, 0.5) is 0 Å². The second-order valence-corrected chi connectivity index (χ2v) is 7.52. The molecule has 0 unspecified atom stereocenters. The van der Waals surface area contributed by atoms with Gasteiger partial charge in [0.05, 0.1) is 22.9 Å². The molecule has 0 radical (unpaired) electrons. The van der Waals surface area contributed by atoms with Gasteiger partial charge < -0.3 is 9.32 Å². The molecule has 3 aromatic rings. The first-order valence-electron chi connectivity index (χ1n) is 9.53. The fourth-order valence-corrected chi connectivity index (χ4v) is 4.51. The number of fused-ring (bicyclic) bond motifs is 2. The lowest BCUT2D eigenvalue weighted by Gasteiger charge is -2.37. The van der Waals surface area contributed by atoms with E-state index in [1.807, 2.05) is 37.1 Å².